The Morgan fingerprint density at radius 2 is 2.10 bits per heavy atom. The van der Waals surface area contributed by atoms with Crippen LogP contribution in [-0.4, -0.2) is 17.6 Å². The topological polar surface area (TPSA) is 64.3 Å². The van der Waals surface area contributed by atoms with E-state index in [0.29, 0.717) is 17.7 Å². The van der Waals surface area contributed by atoms with E-state index in [2.05, 4.69) is 11.0 Å². The molecule has 4 heteroatoms. The number of rotatable bonds is 3. The van der Waals surface area contributed by atoms with Crippen LogP contribution >= 0.6 is 0 Å². The van der Waals surface area contributed by atoms with Crippen LogP contribution in [0.2, 0.25) is 0 Å². The Bertz CT molecular complexity index is 747. The van der Waals surface area contributed by atoms with E-state index >= 15 is 0 Å². The minimum atomic E-state index is -0.915. The number of nitrogens with zero attached hydrogens (tertiary/aromatic N) is 2. The van der Waals surface area contributed by atoms with Gasteiger partial charge in [-0.05, 0) is 35.7 Å². The highest BCUT2D eigenvalue weighted by Gasteiger charge is 2.21. The summed E-state index contributed by atoms with van der Waals surface area (Å²) < 4.78 is 0. The maximum absolute atomic E-state index is 11.1. The fourth-order valence-corrected chi connectivity index (χ4v) is 2.72. The highest BCUT2D eigenvalue weighted by molar-refractivity contribution is 5.89. The van der Waals surface area contributed by atoms with Crippen molar-refractivity contribution in [1.29, 1.82) is 5.26 Å². The Kier molecular flexibility index (Phi) is 3.33. The summed E-state index contributed by atoms with van der Waals surface area (Å²) in [6, 6.07) is 15.0. The second-order valence-corrected chi connectivity index (χ2v) is 5.09. The summed E-state index contributed by atoms with van der Waals surface area (Å²) >= 11 is 0. The van der Waals surface area contributed by atoms with E-state index in [1.165, 1.54) is 0 Å². The van der Waals surface area contributed by atoms with E-state index in [0.717, 1.165) is 29.8 Å². The van der Waals surface area contributed by atoms with Crippen LogP contribution in [0, 0.1) is 11.3 Å². The van der Waals surface area contributed by atoms with Crippen LogP contribution in [0.5, 0.6) is 0 Å². The number of nitriles is 1. The number of carbonyl (C=O) groups is 1. The molecule has 1 N–H and O–H groups in total. The Labute approximate surface area is 122 Å². The molecule has 104 valence electrons. The van der Waals surface area contributed by atoms with Crippen LogP contribution in [0.4, 0.5) is 5.69 Å². The third-order valence-electron chi connectivity index (χ3n) is 3.82. The van der Waals surface area contributed by atoms with E-state index in [1.54, 1.807) is 18.2 Å². The fraction of sp³-hybridized carbons (Fsp3) is 0.176. The van der Waals surface area contributed by atoms with E-state index in [4.69, 9.17) is 10.4 Å². The van der Waals surface area contributed by atoms with Crippen molar-refractivity contribution in [2.24, 2.45) is 0 Å². The highest BCUT2D eigenvalue weighted by Crippen LogP contribution is 2.30. The Balaban J connectivity index is 1.92. The molecule has 1 aliphatic heterocycles. The van der Waals surface area contributed by atoms with Gasteiger partial charge in [0.2, 0.25) is 0 Å². The molecule has 2 aromatic rings. The molecular weight excluding hydrogens is 264 g/mol. The number of carboxylic acid groups (broad SMARTS) is 1. The highest BCUT2D eigenvalue weighted by atomic mass is 16.4. The standard InChI is InChI=1S/C17H14N2O2/c18-10-14-3-1-2-4-15(14)11-19-8-7-12-5-6-13(17(20)21)9-16(12)19/h1-6,9H,7-8,11H2,(H,20,21). The van der Waals surface area contributed by atoms with Crippen molar-refractivity contribution in [3.05, 3.63) is 64.7 Å². The molecule has 2 aromatic carbocycles. The quantitative estimate of drug-likeness (QED) is 0.937. The third-order valence-corrected chi connectivity index (χ3v) is 3.82. The van der Waals surface area contributed by atoms with E-state index in [9.17, 15) is 4.79 Å². The minimum absolute atomic E-state index is 0.300. The first-order valence-electron chi connectivity index (χ1n) is 6.78. The Hall–Kier alpha value is -2.80. The Morgan fingerprint density at radius 3 is 2.86 bits per heavy atom. The van der Waals surface area contributed by atoms with Crippen LogP contribution in [-0.2, 0) is 13.0 Å². The first-order valence-corrected chi connectivity index (χ1v) is 6.78. The van der Waals surface area contributed by atoms with Gasteiger partial charge in [0.25, 0.3) is 0 Å². The lowest BCUT2D eigenvalue weighted by Crippen LogP contribution is -2.20. The van der Waals surface area contributed by atoms with Crippen molar-refractivity contribution < 1.29 is 9.90 Å². The lowest BCUT2D eigenvalue weighted by Gasteiger charge is -2.20. The maximum Gasteiger partial charge on any atom is 0.335 e. The monoisotopic (exact) mass is 278 g/mol. The van der Waals surface area contributed by atoms with Crippen LogP contribution in [0.1, 0.15) is 27.0 Å². The average Bonchev–Trinajstić information content (AvgIpc) is 2.90. The van der Waals surface area contributed by atoms with Crippen LogP contribution in [0.15, 0.2) is 42.5 Å². The summed E-state index contributed by atoms with van der Waals surface area (Å²) in [5, 5.41) is 18.3. The van der Waals surface area contributed by atoms with E-state index in [1.807, 2.05) is 24.3 Å². The number of hydrogen-bond donors (Lipinski definition) is 1. The van der Waals surface area contributed by atoms with Gasteiger partial charge < -0.3 is 10.0 Å². The smallest absolute Gasteiger partial charge is 0.335 e. The number of carboxylic acids is 1. The number of aromatic carboxylic acids is 1. The molecule has 0 bridgehead atoms. The van der Waals surface area contributed by atoms with Gasteiger partial charge in [-0.3, -0.25) is 0 Å². The van der Waals surface area contributed by atoms with Gasteiger partial charge in [-0.25, -0.2) is 4.79 Å². The summed E-state index contributed by atoms with van der Waals surface area (Å²) in [7, 11) is 0. The van der Waals surface area contributed by atoms with Gasteiger partial charge in [0.05, 0.1) is 17.2 Å². The molecule has 0 amide bonds. The maximum atomic E-state index is 11.1. The molecule has 4 nitrogen and oxygen atoms in total. The predicted molar refractivity (Wildman–Crippen MR) is 79.3 cm³/mol. The summed E-state index contributed by atoms with van der Waals surface area (Å²) in [6.07, 6.45) is 0.907. The van der Waals surface area contributed by atoms with Crippen molar-refractivity contribution in [1.82, 2.24) is 0 Å². The number of benzene rings is 2. The van der Waals surface area contributed by atoms with Gasteiger partial charge in [-0.2, -0.15) is 5.26 Å². The molecule has 1 aliphatic rings. The zero-order valence-corrected chi connectivity index (χ0v) is 11.4. The summed E-state index contributed by atoms with van der Waals surface area (Å²) in [5.41, 5.74) is 4.06. The van der Waals surface area contributed by atoms with Crippen molar-refractivity contribution >= 4 is 11.7 Å². The largest absolute Gasteiger partial charge is 0.478 e. The van der Waals surface area contributed by atoms with Gasteiger partial charge in [0, 0.05) is 18.8 Å². The molecule has 3 rings (SSSR count). The molecule has 21 heavy (non-hydrogen) atoms. The van der Waals surface area contributed by atoms with Crippen LogP contribution in [0.25, 0.3) is 0 Å². The summed E-state index contributed by atoms with van der Waals surface area (Å²) in [4.78, 5) is 13.2. The van der Waals surface area contributed by atoms with Gasteiger partial charge in [-0.15, -0.1) is 0 Å². The van der Waals surface area contributed by atoms with Crippen molar-refractivity contribution in [3.8, 4) is 6.07 Å². The van der Waals surface area contributed by atoms with Gasteiger partial charge in [-0.1, -0.05) is 24.3 Å². The summed E-state index contributed by atoms with van der Waals surface area (Å²) in [5.74, 6) is -0.915. The number of anilines is 1. The van der Waals surface area contributed by atoms with Crippen LogP contribution in [0.3, 0.4) is 0 Å². The molecule has 0 saturated carbocycles. The molecule has 0 spiro atoms. The Morgan fingerprint density at radius 1 is 1.29 bits per heavy atom. The predicted octanol–water partition coefficient (Wildman–Crippen LogP) is 2.82. The zero-order chi connectivity index (χ0) is 14.8. The van der Waals surface area contributed by atoms with Gasteiger partial charge in [0.15, 0.2) is 0 Å². The first kappa shape index (κ1) is 13.2. The first-order chi connectivity index (χ1) is 10.2. The summed E-state index contributed by atoms with van der Waals surface area (Å²) in [6.45, 7) is 1.47. The molecule has 0 aromatic heterocycles. The molecule has 0 radical (unpaired) electrons. The number of fused-ring (bicyclic) bond motifs is 1. The van der Waals surface area contributed by atoms with Crippen molar-refractivity contribution in [2.75, 3.05) is 11.4 Å². The van der Waals surface area contributed by atoms with E-state index in [-0.39, 0.29) is 0 Å². The molecule has 0 saturated heterocycles. The fourth-order valence-electron chi connectivity index (χ4n) is 2.72. The molecule has 0 unspecified atom stereocenters. The molecular formula is C17H14N2O2. The SMILES string of the molecule is N#Cc1ccccc1CN1CCc2ccc(C(=O)O)cc21. The molecule has 0 aliphatic carbocycles. The molecule has 1 heterocycles. The normalized spacial score (nSPS) is 12.8. The van der Waals surface area contributed by atoms with Gasteiger partial charge in [0.1, 0.15) is 0 Å². The minimum Gasteiger partial charge on any atom is -0.478 e. The average molecular weight is 278 g/mol. The van der Waals surface area contributed by atoms with Crippen molar-refractivity contribution in [3.63, 3.8) is 0 Å². The lowest BCUT2D eigenvalue weighted by molar-refractivity contribution is 0.0697. The molecule has 0 atom stereocenters. The zero-order valence-electron chi connectivity index (χ0n) is 11.4. The second-order valence-electron chi connectivity index (χ2n) is 5.09. The van der Waals surface area contributed by atoms with Crippen LogP contribution < -0.4 is 4.90 Å². The second kappa shape index (κ2) is 5.29. The van der Waals surface area contributed by atoms with Gasteiger partial charge >= 0.3 is 5.97 Å². The third kappa shape index (κ3) is 2.46. The lowest BCUT2D eigenvalue weighted by atomic mass is 10.1. The molecule has 0 fully saturated rings. The van der Waals surface area contributed by atoms with Crippen molar-refractivity contribution in [2.45, 2.75) is 13.0 Å². The van der Waals surface area contributed by atoms with E-state index < -0.39 is 5.97 Å². The number of hydrogen-bond acceptors (Lipinski definition) is 3.